The lowest BCUT2D eigenvalue weighted by Gasteiger charge is -2.35. The van der Waals surface area contributed by atoms with Gasteiger partial charge in [0.05, 0.1) is 11.9 Å². The molecule has 3 aromatic heterocycles. The molecule has 1 saturated heterocycles. The van der Waals surface area contributed by atoms with Gasteiger partial charge in [0, 0.05) is 61.3 Å². The minimum atomic E-state index is 0.00675. The molecule has 2 aliphatic heterocycles. The van der Waals surface area contributed by atoms with E-state index < -0.39 is 0 Å². The van der Waals surface area contributed by atoms with Crippen molar-refractivity contribution in [3.8, 4) is 0 Å². The van der Waals surface area contributed by atoms with Gasteiger partial charge < -0.3 is 20.1 Å². The maximum atomic E-state index is 13.2. The quantitative estimate of drug-likeness (QED) is 0.658. The Morgan fingerprint density at radius 3 is 2.94 bits per heavy atom. The number of piperazine rings is 1. The highest BCUT2D eigenvalue weighted by atomic mass is 16.2. The second-order valence-corrected chi connectivity index (χ2v) is 8.96. The summed E-state index contributed by atoms with van der Waals surface area (Å²) in [5.74, 6) is 1.74. The molecule has 6 rings (SSSR count). The van der Waals surface area contributed by atoms with Crippen molar-refractivity contribution in [3.63, 3.8) is 0 Å². The minimum absolute atomic E-state index is 0.00675. The van der Waals surface area contributed by atoms with Gasteiger partial charge in [-0.3, -0.25) is 9.79 Å². The van der Waals surface area contributed by atoms with E-state index in [9.17, 15) is 4.79 Å². The van der Waals surface area contributed by atoms with Crippen molar-refractivity contribution in [2.45, 2.75) is 25.8 Å². The van der Waals surface area contributed by atoms with Crippen LogP contribution in [0.25, 0.3) is 11.0 Å². The highest BCUT2D eigenvalue weighted by Gasteiger charge is 2.32. The molecular weight excluding hydrogens is 404 g/mol. The van der Waals surface area contributed by atoms with Crippen LogP contribution >= 0.6 is 0 Å². The highest BCUT2D eigenvalue weighted by Crippen LogP contribution is 2.35. The molecule has 3 aromatic rings. The summed E-state index contributed by atoms with van der Waals surface area (Å²) in [5, 5.41) is 4.35. The maximum Gasteiger partial charge on any atom is 0.226 e. The van der Waals surface area contributed by atoms with E-state index in [0.29, 0.717) is 13.0 Å². The van der Waals surface area contributed by atoms with Crippen LogP contribution in [0, 0.1) is 5.92 Å². The van der Waals surface area contributed by atoms with Crippen LogP contribution in [-0.4, -0.2) is 75.1 Å². The Balaban J connectivity index is 1.29. The molecule has 1 atom stereocenters. The van der Waals surface area contributed by atoms with Crippen LogP contribution in [0.3, 0.4) is 0 Å². The number of carbonyl (C=O) groups is 1. The Kier molecular flexibility index (Phi) is 4.64. The Morgan fingerprint density at radius 2 is 2.06 bits per heavy atom. The van der Waals surface area contributed by atoms with Gasteiger partial charge in [-0.15, -0.1) is 0 Å². The summed E-state index contributed by atoms with van der Waals surface area (Å²) >= 11 is 0. The number of anilines is 2. The third-order valence-electron chi connectivity index (χ3n) is 6.90. The largest absolute Gasteiger partial charge is 0.343 e. The number of pyridine rings is 1. The zero-order valence-electron chi connectivity index (χ0n) is 18.1. The van der Waals surface area contributed by atoms with Gasteiger partial charge >= 0.3 is 0 Å². The summed E-state index contributed by atoms with van der Waals surface area (Å²) in [7, 11) is 2.11. The minimum Gasteiger partial charge on any atom is -0.343 e. The van der Waals surface area contributed by atoms with Gasteiger partial charge in [-0.05, 0) is 37.9 Å². The number of hydrogen-bond donors (Lipinski definition) is 2. The number of likely N-dealkylation sites (N-methyl/N-ethyl adjacent to an activating group) is 1. The summed E-state index contributed by atoms with van der Waals surface area (Å²) < 4.78 is 0. The van der Waals surface area contributed by atoms with Gasteiger partial charge in [-0.1, -0.05) is 0 Å². The molecule has 1 amide bonds. The SMILES string of the molecule is CN1CCN(C(=O)C2CCc3[nH]c4ncnc(Nc5cc6c(cn5)CN=C6)c4c3C2)CC1. The van der Waals surface area contributed by atoms with Crippen molar-refractivity contribution in [3.05, 3.63) is 41.0 Å². The van der Waals surface area contributed by atoms with Gasteiger partial charge in [0.1, 0.15) is 23.6 Å². The first-order chi connectivity index (χ1) is 15.7. The number of aromatic nitrogens is 4. The normalized spacial score (nSPS) is 20.4. The molecule has 0 spiro atoms. The van der Waals surface area contributed by atoms with Crippen LogP contribution in [0.2, 0.25) is 0 Å². The number of hydrogen-bond acceptors (Lipinski definition) is 7. The molecule has 1 unspecified atom stereocenters. The number of rotatable bonds is 3. The number of aryl methyl sites for hydroxylation is 1. The number of nitrogens with one attached hydrogen (secondary N) is 2. The molecule has 164 valence electrons. The van der Waals surface area contributed by atoms with E-state index in [0.717, 1.165) is 78.4 Å². The van der Waals surface area contributed by atoms with Crippen LogP contribution in [0.1, 0.15) is 28.8 Å². The van der Waals surface area contributed by atoms with E-state index in [2.05, 4.69) is 42.2 Å². The average molecular weight is 431 g/mol. The molecule has 3 aliphatic rings. The first-order valence-corrected chi connectivity index (χ1v) is 11.2. The molecule has 5 heterocycles. The van der Waals surface area contributed by atoms with Gasteiger partial charge in [0.25, 0.3) is 0 Å². The monoisotopic (exact) mass is 430 g/mol. The lowest BCUT2D eigenvalue weighted by atomic mass is 9.85. The number of amides is 1. The van der Waals surface area contributed by atoms with Crippen molar-refractivity contribution < 1.29 is 4.79 Å². The van der Waals surface area contributed by atoms with Crippen LogP contribution in [0.15, 0.2) is 23.6 Å². The summed E-state index contributed by atoms with van der Waals surface area (Å²) in [5.41, 5.74) is 5.35. The van der Waals surface area contributed by atoms with Crippen LogP contribution < -0.4 is 5.32 Å². The molecule has 0 bridgehead atoms. The van der Waals surface area contributed by atoms with Crippen molar-refractivity contribution in [1.82, 2.24) is 29.7 Å². The standard InChI is InChI=1S/C23H26N8O/c1-30-4-6-31(7-5-30)23(32)14-2-3-18-17(8-14)20-21(28-18)26-13-27-22(20)29-19-9-15-10-24-11-16(15)12-25-19/h9-10,12-14H,2-8,11H2,1H3,(H2,25,26,27,28,29). The van der Waals surface area contributed by atoms with Crippen molar-refractivity contribution >= 4 is 34.8 Å². The first kappa shape index (κ1) is 19.4. The molecule has 1 fully saturated rings. The van der Waals surface area contributed by atoms with Gasteiger partial charge in [0.15, 0.2) is 0 Å². The number of carbonyl (C=O) groups excluding carboxylic acids is 1. The lowest BCUT2D eigenvalue weighted by Crippen LogP contribution is -2.49. The summed E-state index contributed by atoms with van der Waals surface area (Å²) in [6.07, 6.45) is 7.74. The number of aromatic amines is 1. The van der Waals surface area contributed by atoms with Crippen LogP contribution in [0.4, 0.5) is 11.6 Å². The van der Waals surface area contributed by atoms with E-state index in [-0.39, 0.29) is 11.8 Å². The predicted octanol–water partition coefficient (Wildman–Crippen LogP) is 1.91. The molecule has 0 saturated carbocycles. The van der Waals surface area contributed by atoms with Gasteiger partial charge in [-0.25, -0.2) is 15.0 Å². The fraction of sp³-hybridized carbons (Fsp3) is 0.435. The number of aliphatic imine (C=N–C) groups is 1. The lowest BCUT2D eigenvalue weighted by molar-refractivity contribution is -0.137. The van der Waals surface area contributed by atoms with E-state index >= 15 is 0 Å². The van der Waals surface area contributed by atoms with E-state index in [1.807, 2.05) is 23.4 Å². The van der Waals surface area contributed by atoms with E-state index in [1.165, 1.54) is 5.69 Å². The van der Waals surface area contributed by atoms with Crippen LogP contribution in [0.5, 0.6) is 0 Å². The molecule has 32 heavy (non-hydrogen) atoms. The highest BCUT2D eigenvalue weighted by molar-refractivity contribution is 5.94. The summed E-state index contributed by atoms with van der Waals surface area (Å²) in [4.78, 5) is 38.8. The number of fused-ring (bicyclic) bond motifs is 4. The van der Waals surface area contributed by atoms with Crippen molar-refractivity contribution in [2.75, 3.05) is 38.5 Å². The molecule has 0 radical (unpaired) electrons. The fourth-order valence-corrected chi connectivity index (χ4v) is 5.02. The fourth-order valence-electron chi connectivity index (χ4n) is 5.02. The zero-order chi connectivity index (χ0) is 21.7. The average Bonchev–Trinajstić information content (AvgIpc) is 3.43. The van der Waals surface area contributed by atoms with Crippen LogP contribution in [-0.2, 0) is 24.2 Å². The topological polar surface area (TPSA) is 102 Å². The van der Waals surface area contributed by atoms with Gasteiger partial charge in [0.2, 0.25) is 5.91 Å². The second-order valence-electron chi connectivity index (χ2n) is 8.96. The summed E-state index contributed by atoms with van der Waals surface area (Å²) in [6, 6.07) is 2.00. The molecular formula is C23H26N8O. The molecule has 2 N–H and O–H groups in total. The molecule has 0 aromatic carbocycles. The Morgan fingerprint density at radius 1 is 1.19 bits per heavy atom. The summed E-state index contributed by atoms with van der Waals surface area (Å²) in [6.45, 7) is 4.20. The number of nitrogens with zero attached hydrogens (tertiary/aromatic N) is 6. The van der Waals surface area contributed by atoms with Gasteiger partial charge in [-0.2, -0.15) is 0 Å². The zero-order valence-corrected chi connectivity index (χ0v) is 18.1. The molecule has 9 nitrogen and oxygen atoms in total. The Hall–Kier alpha value is -3.33. The first-order valence-electron chi connectivity index (χ1n) is 11.2. The number of H-pyrrole nitrogens is 1. The van der Waals surface area contributed by atoms with Crippen molar-refractivity contribution in [1.29, 1.82) is 0 Å². The van der Waals surface area contributed by atoms with Crippen molar-refractivity contribution in [2.24, 2.45) is 10.9 Å². The van der Waals surface area contributed by atoms with E-state index in [4.69, 9.17) is 0 Å². The third-order valence-corrected chi connectivity index (χ3v) is 6.90. The van der Waals surface area contributed by atoms with E-state index in [1.54, 1.807) is 6.33 Å². The maximum absolute atomic E-state index is 13.2. The Labute approximate surface area is 186 Å². The smallest absolute Gasteiger partial charge is 0.226 e. The molecule has 9 heteroatoms. The third kappa shape index (κ3) is 3.33. The Bertz CT molecular complexity index is 1220. The second kappa shape index (κ2) is 7.67. The predicted molar refractivity (Wildman–Crippen MR) is 122 cm³/mol. The molecule has 1 aliphatic carbocycles.